The van der Waals surface area contributed by atoms with Crippen molar-refractivity contribution in [2.24, 2.45) is 5.92 Å². The van der Waals surface area contributed by atoms with Crippen molar-refractivity contribution in [1.29, 1.82) is 0 Å². The fourth-order valence-electron chi connectivity index (χ4n) is 1.67. The van der Waals surface area contributed by atoms with Crippen LogP contribution in [0.5, 0.6) is 0 Å². The maximum Gasteiger partial charge on any atom is 0.0928 e. The second kappa shape index (κ2) is 2.51. The molecule has 0 bridgehead atoms. The van der Waals surface area contributed by atoms with Crippen molar-refractivity contribution in [3.8, 4) is 0 Å². The molecule has 0 aromatic carbocycles. The molecule has 60 valence electrons. The Balaban J connectivity index is 2.66. The normalized spacial score (nSPS) is 41.1. The van der Waals surface area contributed by atoms with E-state index in [1.807, 2.05) is 13.8 Å². The van der Waals surface area contributed by atoms with Crippen LogP contribution < -0.4 is 0 Å². The standard InChI is InChI=1S/C8H16O2/c1-6(2)8(10)5-3-4-7(8)9/h6-7,9-10H,3-5H2,1-2H3/t7-,8+/m0/s1. The van der Waals surface area contributed by atoms with Gasteiger partial charge >= 0.3 is 0 Å². The van der Waals surface area contributed by atoms with Gasteiger partial charge in [0.1, 0.15) is 0 Å². The van der Waals surface area contributed by atoms with Crippen molar-refractivity contribution in [3.05, 3.63) is 0 Å². The molecule has 0 heterocycles. The van der Waals surface area contributed by atoms with Crippen LogP contribution in [0.25, 0.3) is 0 Å². The summed E-state index contributed by atoms with van der Waals surface area (Å²) in [6.45, 7) is 3.91. The van der Waals surface area contributed by atoms with Gasteiger partial charge in [0, 0.05) is 0 Å². The molecule has 1 aliphatic rings. The first-order valence-corrected chi connectivity index (χ1v) is 3.98. The zero-order valence-electron chi connectivity index (χ0n) is 6.67. The smallest absolute Gasteiger partial charge is 0.0928 e. The highest BCUT2D eigenvalue weighted by molar-refractivity contribution is 4.94. The second-order valence-corrected chi connectivity index (χ2v) is 3.55. The Labute approximate surface area is 61.9 Å². The van der Waals surface area contributed by atoms with E-state index in [0.717, 1.165) is 19.3 Å². The number of aliphatic hydroxyl groups is 2. The van der Waals surface area contributed by atoms with Crippen molar-refractivity contribution in [3.63, 3.8) is 0 Å². The van der Waals surface area contributed by atoms with Gasteiger partial charge in [-0.3, -0.25) is 0 Å². The Morgan fingerprint density at radius 1 is 1.50 bits per heavy atom. The van der Waals surface area contributed by atoms with Gasteiger partial charge in [0.05, 0.1) is 11.7 Å². The maximum absolute atomic E-state index is 9.79. The maximum atomic E-state index is 9.79. The summed E-state index contributed by atoms with van der Waals surface area (Å²) in [6.07, 6.45) is 1.98. The first-order valence-electron chi connectivity index (χ1n) is 3.98. The predicted octanol–water partition coefficient (Wildman–Crippen LogP) is 0.918. The fourth-order valence-corrected chi connectivity index (χ4v) is 1.67. The lowest BCUT2D eigenvalue weighted by Gasteiger charge is -2.30. The van der Waals surface area contributed by atoms with Gasteiger partial charge in [0.25, 0.3) is 0 Å². The Morgan fingerprint density at radius 2 is 2.10 bits per heavy atom. The van der Waals surface area contributed by atoms with Gasteiger partial charge in [-0.25, -0.2) is 0 Å². The molecule has 2 N–H and O–H groups in total. The zero-order valence-corrected chi connectivity index (χ0v) is 6.67. The Morgan fingerprint density at radius 3 is 2.30 bits per heavy atom. The number of aliphatic hydroxyl groups excluding tert-OH is 1. The van der Waals surface area contributed by atoms with Crippen LogP contribution >= 0.6 is 0 Å². The van der Waals surface area contributed by atoms with Crippen LogP contribution in [0.2, 0.25) is 0 Å². The van der Waals surface area contributed by atoms with E-state index in [2.05, 4.69) is 0 Å². The van der Waals surface area contributed by atoms with Gasteiger partial charge in [-0.15, -0.1) is 0 Å². The Hall–Kier alpha value is -0.0800. The molecule has 2 nitrogen and oxygen atoms in total. The summed E-state index contributed by atoms with van der Waals surface area (Å²) < 4.78 is 0. The number of hydrogen-bond acceptors (Lipinski definition) is 2. The third-order valence-electron chi connectivity index (χ3n) is 2.63. The lowest BCUT2D eigenvalue weighted by atomic mass is 9.87. The molecule has 0 amide bonds. The molecule has 0 unspecified atom stereocenters. The minimum absolute atomic E-state index is 0.171. The molecule has 1 saturated carbocycles. The highest BCUT2D eigenvalue weighted by Gasteiger charge is 2.42. The summed E-state index contributed by atoms with van der Waals surface area (Å²) >= 11 is 0. The van der Waals surface area contributed by atoms with Crippen LogP contribution in [-0.2, 0) is 0 Å². The minimum atomic E-state index is -0.792. The molecule has 0 aromatic heterocycles. The average Bonchev–Trinajstić information content (AvgIpc) is 2.15. The topological polar surface area (TPSA) is 40.5 Å². The van der Waals surface area contributed by atoms with Gasteiger partial charge in [-0.2, -0.15) is 0 Å². The largest absolute Gasteiger partial charge is 0.390 e. The van der Waals surface area contributed by atoms with E-state index in [0.29, 0.717) is 0 Å². The minimum Gasteiger partial charge on any atom is -0.390 e. The van der Waals surface area contributed by atoms with Crippen LogP contribution in [0.1, 0.15) is 33.1 Å². The lowest BCUT2D eigenvalue weighted by molar-refractivity contribution is -0.0844. The predicted molar refractivity (Wildman–Crippen MR) is 39.6 cm³/mol. The average molecular weight is 144 g/mol. The lowest BCUT2D eigenvalue weighted by Crippen LogP contribution is -2.42. The summed E-state index contributed by atoms with van der Waals surface area (Å²) in [5, 5.41) is 19.2. The molecule has 0 radical (unpaired) electrons. The molecular weight excluding hydrogens is 128 g/mol. The van der Waals surface area contributed by atoms with Gasteiger partial charge in [0.15, 0.2) is 0 Å². The van der Waals surface area contributed by atoms with Crippen molar-refractivity contribution in [1.82, 2.24) is 0 Å². The van der Waals surface area contributed by atoms with E-state index < -0.39 is 11.7 Å². The van der Waals surface area contributed by atoms with Gasteiger partial charge in [0.2, 0.25) is 0 Å². The van der Waals surface area contributed by atoms with E-state index in [4.69, 9.17) is 0 Å². The van der Waals surface area contributed by atoms with E-state index in [1.165, 1.54) is 0 Å². The summed E-state index contributed by atoms with van der Waals surface area (Å²) in [4.78, 5) is 0. The first kappa shape index (κ1) is 8.02. The van der Waals surface area contributed by atoms with Crippen molar-refractivity contribution >= 4 is 0 Å². The molecule has 1 rings (SSSR count). The molecule has 2 atom stereocenters. The number of hydrogen-bond donors (Lipinski definition) is 2. The molecule has 2 heteroatoms. The van der Waals surface area contributed by atoms with Crippen LogP contribution in [0.15, 0.2) is 0 Å². The highest BCUT2D eigenvalue weighted by Crippen LogP contribution is 2.35. The fraction of sp³-hybridized carbons (Fsp3) is 1.00. The Bertz CT molecular complexity index is 122. The van der Waals surface area contributed by atoms with Crippen molar-refractivity contribution in [2.75, 3.05) is 0 Å². The van der Waals surface area contributed by atoms with Crippen LogP contribution in [0.3, 0.4) is 0 Å². The third kappa shape index (κ3) is 1.06. The molecular formula is C8H16O2. The van der Waals surface area contributed by atoms with Gasteiger partial charge < -0.3 is 10.2 Å². The quantitative estimate of drug-likeness (QED) is 0.574. The first-order chi connectivity index (χ1) is 4.57. The van der Waals surface area contributed by atoms with Crippen LogP contribution in [0.4, 0.5) is 0 Å². The summed E-state index contributed by atoms with van der Waals surface area (Å²) in [5.41, 5.74) is -0.792. The van der Waals surface area contributed by atoms with Crippen molar-refractivity contribution in [2.45, 2.75) is 44.8 Å². The van der Waals surface area contributed by atoms with Crippen molar-refractivity contribution < 1.29 is 10.2 Å². The molecule has 0 spiro atoms. The zero-order chi connectivity index (χ0) is 7.78. The van der Waals surface area contributed by atoms with Crippen LogP contribution in [-0.4, -0.2) is 21.9 Å². The Kier molecular flexibility index (Phi) is 2.02. The number of rotatable bonds is 1. The van der Waals surface area contributed by atoms with Crippen LogP contribution in [0, 0.1) is 5.92 Å². The van der Waals surface area contributed by atoms with E-state index in [-0.39, 0.29) is 5.92 Å². The summed E-state index contributed by atoms with van der Waals surface area (Å²) in [7, 11) is 0. The molecule has 0 aromatic rings. The summed E-state index contributed by atoms with van der Waals surface area (Å²) in [6, 6.07) is 0. The molecule has 0 aliphatic heterocycles. The monoisotopic (exact) mass is 144 g/mol. The van der Waals surface area contributed by atoms with E-state index >= 15 is 0 Å². The molecule has 1 aliphatic carbocycles. The van der Waals surface area contributed by atoms with Gasteiger partial charge in [-0.1, -0.05) is 13.8 Å². The highest BCUT2D eigenvalue weighted by atomic mass is 16.3. The molecule has 0 saturated heterocycles. The van der Waals surface area contributed by atoms with Gasteiger partial charge in [-0.05, 0) is 25.2 Å². The third-order valence-corrected chi connectivity index (χ3v) is 2.63. The molecule has 1 fully saturated rings. The van der Waals surface area contributed by atoms with E-state index in [9.17, 15) is 10.2 Å². The summed E-state index contributed by atoms with van der Waals surface area (Å²) in [5.74, 6) is 0.171. The second-order valence-electron chi connectivity index (χ2n) is 3.55. The SMILES string of the molecule is CC(C)[C@]1(O)CCC[C@@H]1O. The van der Waals surface area contributed by atoms with E-state index in [1.54, 1.807) is 0 Å². The molecule has 10 heavy (non-hydrogen) atoms.